The number of methoxy groups -OCH3 is 1. The van der Waals surface area contributed by atoms with Gasteiger partial charge in [-0.05, 0) is 19.9 Å². The molecule has 0 aliphatic rings. The molecule has 0 aromatic carbocycles. The molecular formula is C16H23N5OS. The number of guanidine groups is 1. The highest BCUT2D eigenvalue weighted by molar-refractivity contribution is 7.11. The number of ether oxygens (including phenoxy) is 1. The number of pyridine rings is 1. The van der Waals surface area contributed by atoms with E-state index < -0.39 is 0 Å². The summed E-state index contributed by atoms with van der Waals surface area (Å²) in [6.07, 6.45) is 4.51. The van der Waals surface area contributed by atoms with Crippen molar-refractivity contribution in [1.82, 2.24) is 20.6 Å². The number of aliphatic imine (C=N–C) groups is 1. The number of aromatic nitrogens is 2. The fraction of sp³-hybridized carbons (Fsp3) is 0.438. The van der Waals surface area contributed by atoms with E-state index in [-0.39, 0.29) is 0 Å². The Bertz CT molecular complexity index is 641. The third-order valence-corrected chi connectivity index (χ3v) is 4.07. The average Bonchev–Trinajstić information content (AvgIpc) is 2.98. The quantitative estimate of drug-likeness (QED) is 0.600. The second kappa shape index (κ2) is 9.09. The Hall–Kier alpha value is -2.15. The van der Waals surface area contributed by atoms with E-state index in [0.717, 1.165) is 36.0 Å². The molecule has 0 radical (unpaired) electrons. The van der Waals surface area contributed by atoms with Gasteiger partial charge in [0.15, 0.2) is 5.96 Å². The maximum atomic E-state index is 5.25. The Balaban J connectivity index is 1.91. The lowest BCUT2D eigenvalue weighted by Gasteiger charge is -2.11. The maximum Gasteiger partial charge on any atom is 0.218 e. The van der Waals surface area contributed by atoms with Crippen LogP contribution in [0.3, 0.4) is 0 Å². The number of nitrogens with one attached hydrogen (secondary N) is 2. The Morgan fingerprint density at radius 1 is 1.35 bits per heavy atom. The van der Waals surface area contributed by atoms with Gasteiger partial charge in [0.1, 0.15) is 0 Å². The smallest absolute Gasteiger partial charge is 0.218 e. The van der Waals surface area contributed by atoms with Crippen LogP contribution in [0.2, 0.25) is 0 Å². The first-order valence-corrected chi connectivity index (χ1v) is 8.46. The monoisotopic (exact) mass is 333 g/mol. The molecule has 0 spiro atoms. The summed E-state index contributed by atoms with van der Waals surface area (Å²) in [6, 6.07) is 3.86. The largest absolute Gasteiger partial charge is 0.481 e. The van der Waals surface area contributed by atoms with E-state index in [0.29, 0.717) is 12.4 Å². The molecule has 0 bridgehead atoms. The molecule has 124 valence electrons. The molecule has 0 amide bonds. The first kappa shape index (κ1) is 17.2. The Morgan fingerprint density at radius 3 is 2.91 bits per heavy atom. The van der Waals surface area contributed by atoms with Crippen molar-refractivity contribution in [1.29, 1.82) is 0 Å². The van der Waals surface area contributed by atoms with Crippen molar-refractivity contribution in [3.05, 3.63) is 40.0 Å². The van der Waals surface area contributed by atoms with Crippen LogP contribution in [0.25, 0.3) is 0 Å². The van der Waals surface area contributed by atoms with E-state index in [4.69, 9.17) is 4.74 Å². The van der Waals surface area contributed by atoms with Crippen LogP contribution in [-0.2, 0) is 13.0 Å². The molecule has 6 nitrogen and oxygen atoms in total. The van der Waals surface area contributed by atoms with Gasteiger partial charge in [-0.3, -0.25) is 0 Å². The SMILES string of the molecule is CCNC(=NCc1cccnc1OC)NCCc1ncc(C)s1. The molecule has 2 aromatic rings. The average molecular weight is 333 g/mol. The standard InChI is InChI=1S/C16H23N5OS/c1-4-17-16(19-9-7-14-20-10-12(2)23-14)21-11-13-6-5-8-18-15(13)22-3/h5-6,8,10H,4,7,9,11H2,1-3H3,(H2,17,19,21). The summed E-state index contributed by atoms with van der Waals surface area (Å²) < 4.78 is 5.25. The van der Waals surface area contributed by atoms with Crippen LogP contribution in [0.5, 0.6) is 5.88 Å². The zero-order valence-electron chi connectivity index (χ0n) is 13.8. The highest BCUT2D eigenvalue weighted by Gasteiger charge is 2.04. The van der Waals surface area contributed by atoms with Crippen LogP contribution in [0.4, 0.5) is 0 Å². The second-order valence-corrected chi connectivity index (χ2v) is 6.23. The molecule has 0 fully saturated rings. The minimum atomic E-state index is 0.517. The summed E-state index contributed by atoms with van der Waals surface area (Å²) in [5, 5.41) is 7.71. The van der Waals surface area contributed by atoms with Crippen molar-refractivity contribution >= 4 is 17.3 Å². The van der Waals surface area contributed by atoms with E-state index >= 15 is 0 Å². The molecule has 7 heteroatoms. The first-order chi connectivity index (χ1) is 11.2. The molecule has 2 rings (SSSR count). The summed E-state index contributed by atoms with van der Waals surface area (Å²) in [5.74, 6) is 1.40. The van der Waals surface area contributed by atoms with Crippen molar-refractivity contribution in [3.63, 3.8) is 0 Å². The number of hydrogen-bond donors (Lipinski definition) is 2. The summed E-state index contributed by atoms with van der Waals surface area (Å²) in [7, 11) is 1.62. The van der Waals surface area contributed by atoms with Gasteiger partial charge in [0, 0.05) is 42.3 Å². The summed E-state index contributed by atoms with van der Waals surface area (Å²) in [5.41, 5.74) is 0.961. The van der Waals surface area contributed by atoms with Gasteiger partial charge in [0.25, 0.3) is 0 Å². The number of rotatable bonds is 7. The lowest BCUT2D eigenvalue weighted by molar-refractivity contribution is 0.392. The predicted octanol–water partition coefficient (Wildman–Crippen LogP) is 2.15. The molecule has 2 heterocycles. The van der Waals surface area contributed by atoms with Crippen molar-refractivity contribution in [2.24, 2.45) is 4.99 Å². The molecule has 2 aromatic heterocycles. The molecule has 0 unspecified atom stereocenters. The van der Waals surface area contributed by atoms with E-state index in [1.165, 1.54) is 4.88 Å². The second-order valence-electron chi connectivity index (χ2n) is 4.91. The van der Waals surface area contributed by atoms with Crippen LogP contribution in [0.1, 0.15) is 22.4 Å². The Morgan fingerprint density at radius 2 is 2.22 bits per heavy atom. The lowest BCUT2D eigenvalue weighted by atomic mass is 10.3. The fourth-order valence-electron chi connectivity index (χ4n) is 2.04. The molecule has 0 saturated carbocycles. The molecule has 0 aliphatic heterocycles. The minimum Gasteiger partial charge on any atom is -0.481 e. The topological polar surface area (TPSA) is 71.4 Å². The van der Waals surface area contributed by atoms with Gasteiger partial charge in [0.05, 0.1) is 18.7 Å². The maximum absolute atomic E-state index is 5.25. The van der Waals surface area contributed by atoms with E-state index in [9.17, 15) is 0 Å². The van der Waals surface area contributed by atoms with Gasteiger partial charge in [0.2, 0.25) is 5.88 Å². The van der Waals surface area contributed by atoms with Crippen LogP contribution in [-0.4, -0.2) is 36.1 Å². The van der Waals surface area contributed by atoms with Gasteiger partial charge in [-0.2, -0.15) is 0 Å². The number of nitrogens with zero attached hydrogens (tertiary/aromatic N) is 3. The van der Waals surface area contributed by atoms with Crippen LogP contribution in [0.15, 0.2) is 29.5 Å². The zero-order valence-corrected chi connectivity index (χ0v) is 14.6. The highest BCUT2D eigenvalue weighted by atomic mass is 32.1. The number of hydrogen-bond acceptors (Lipinski definition) is 5. The molecular weight excluding hydrogens is 310 g/mol. The molecule has 23 heavy (non-hydrogen) atoms. The van der Waals surface area contributed by atoms with Crippen LogP contribution < -0.4 is 15.4 Å². The van der Waals surface area contributed by atoms with E-state index in [1.807, 2.05) is 25.3 Å². The molecule has 0 saturated heterocycles. The lowest BCUT2D eigenvalue weighted by Crippen LogP contribution is -2.38. The number of thiazole rings is 1. The van der Waals surface area contributed by atoms with Crippen LogP contribution in [0, 0.1) is 6.92 Å². The Labute approximate surface area is 141 Å². The molecule has 2 N–H and O–H groups in total. The summed E-state index contributed by atoms with van der Waals surface area (Å²) in [6.45, 7) is 6.24. The fourth-order valence-corrected chi connectivity index (χ4v) is 2.83. The van der Waals surface area contributed by atoms with Gasteiger partial charge in [-0.25, -0.2) is 15.0 Å². The third-order valence-electron chi connectivity index (χ3n) is 3.10. The first-order valence-electron chi connectivity index (χ1n) is 7.64. The van der Waals surface area contributed by atoms with Crippen LogP contribution >= 0.6 is 11.3 Å². The van der Waals surface area contributed by atoms with Crippen molar-refractivity contribution < 1.29 is 4.74 Å². The Kier molecular flexibility index (Phi) is 6.80. The molecule has 0 aliphatic carbocycles. The van der Waals surface area contributed by atoms with Gasteiger partial charge < -0.3 is 15.4 Å². The summed E-state index contributed by atoms with van der Waals surface area (Å²) in [4.78, 5) is 14.4. The predicted molar refractivity (Wildman–Crippen MR) is 94.2 cm³/mol. The molecule has 0 atom stereocenters. The summed E-state index contributed by atoms with van der Waals surface area (Å²) >= 11 is 1.73. The van der Waals surface area contributed by atoms with Gasteiger partial charge >= 0.3 is 0 Å². The van der Waals surface area contributed by atoms with Gasteiger partial charge in [-0.1, -0.05) is 6.07 Å². The normalized spacial score (nSPS) is 11.3. The minimum absolute atomic E-state index is 0.517. The van der Waals surface area contributed by atoms with Crippen molar-refractivity contribution in [2.75, 3.05) is 20.2 Å². The van der Waals surface area contributed by atoms with Crippen molar-refractivity contribution in [2.45, 2.75) is 26.8 Å². The number of aryl methyl sites for hydroxylation is 1. The highest BCUT2D eigenvalue weighted by Crippen LogP contribution is 2.14. The van der Waals surface area contributed by atoms with Crippen molar-refractivity contribution in [3.8, 4) is 5.88 Å². The zero-order chi connectivity index (χ0) is 16.5. The van der Waals surface area contributed by atoms with E-state index in [1.54, 1.807) is 24.6 Å². The van der Waals surface area contributed by atoms with Gasteiger partial charge in [-0.15, -0.1) is 11.3 Å². The van der Waals surface area contributed by atoms with E-state index in [2.05, 4.69) is 32.5 Å². The third kappa shape index (κ3) is 5.52.